The molecule has 0 aliphatic carbocycles. The molecule has 1 aromatic heterocycles. The number of fused-ring (bicyclic) bond motifs is 2. The van der Waals surface area contributed by atoms with Gasteiger partial charge in [0.1, 0.15) is 0 Å². The second-order valence-corrected chi connectivity index (χ2v) is 6.32. The molecule has 3 nitrogen and oxygen atoms in total. The molecule has 2 unspecified atom stereocenters. The maximum absolute atomic E-state index is 4.45. The maximum Gasteiger partial charge on any atom is 0.0416 e. The van der Waals surface area contributed by atoms with Gasteiger partial charge in [-0.3, -0.25) is 9.88 Å². The molecule has 2 aliphatic rings. The van der Waals surface area contributed by atoms with Gasteiger partial charge in [0.05, 0.1) is 0 Å². The number of piperidine rings is 1. The highest BCUT2D eigenvalue weighted by molar-refractivity contribution is 5.05. The fourth-order valence-electron chi connectivity index (χ4n) is 3.94. The Kier molecular flexibility index (Phi) is 4.69. The third kappa shape index (κ3) is 3.21. The van der Waals surface area contributed by atoms with Crippen LogP contribution in [0.2, 0.25) is 0 Å². The molecule has 3 heteroatoms. The summed E-state index contributed by atoms with van der Waals surface area (Å²) >= 11 is 0. The first kappa shape index (κ1) is 14.0. The minimum Gasteiger partial charge on any atom is -0.314 e. The first-order chi connectivity index (χ1) is 9.86. The number of rotatable bonds is 6. The molecule has 0 spiro atoms. The van der Waals surface area contributed by atoms with Crippen LogP contribution in [0.15, 0.2) is 24.4 Å². The number of aromatic nitrogens is 1. The minimum absolute atomic E-state index is 0.763. The van der Waals surface area contributed by atoms with Crippen LogP contribution in [-0.4, -0.2) is 41.1 Å². The van der Waals surface area contributed by atoms with E-state index in [9.17, 15) is 0 Å². The second kappa shape index (κ2) is 6.68. The van der Waals surface area contributed by atoms with Gasteiger partial charge in [0, 0.05) is 43.0 Å². The average Bonchev–Trinajstić information content (AvgIpc) is 2.73. The minimum atomic E-state index is 0.763. The van der Waals surface area contributed by atoms with Crippen molar-refractivity contribution in [3.63, 3.8) is 0 Å². The van der Waals surface area contributed by atoms with Gasteiger partial charge in [0.15, 0.2) is 0 Å². The zero-order valence-electron chi connectivity index (χ0n) is 12.6. The van der Waals surface area contributed by atoms with Gasteiger partial charge in [-0.15, -0.1) is 0 Å². The number of nitrogens with zero attached hydrogens (tertiary/aromatic N) is 2. The zero-order chi connectivity index (χ0) is 13.8. The topological polar surface area (TPSA) is 28.2 Å². The van der Waals surface area contributed by atoms with Gasteiger partial charge in [-0.25, -0.2) is 0 Å². The third-order valence-corrected chi connectivity index (χ3v) is 4.92. The van der Waals surface area contributed by atoms with Gasteiger partial charge in [-0.1, -0.05) is 13.0 Å². The quantitative estimate of drug-likeness (QED) is 0.863. The largest absolute Gasteiger partial charge is 0.314 e. The van der Waals surface area contributed by atoms with Crippen molar-refractivity contribution in [2.24, 2.45) is 0 Å². The van der Waals surface area contributed by atoms with Crippen LogP contribution in [0, 0.1) is 0 Å². The van der Waals surface area contributed by atoms with Crippen LogP contribution >= 0.6 is 0 Å². The molecule has 1 aromatic rings. The van der Waals surface area contributed by atoms with Crippen LogP contribution in [0.5, 0.6) is 0 Å². The van der Waals surface area contributed by atoms with E-state index in [4.69, 9.17) is 0 Å². The summed E-state index contributed by atoms with van der Waals surface area (Å²) in [6.07, 6.45) is 9.74. The molecule has 3 rings (SSSR count). The Labute approximate surface area is 122 Å². The monoisotopic (exact) mass is 273 g/mol. The Hall–Kier alpha value is -0.930. The van der Waals surface area contributed by atoms with Crippen molar-refractivity contribution in [2.45, 2.75) is 63.6 Å². The molecule has 2 saturated heterocycles. The van der Waals surface area contributed by atoms with E-state index in [1.54, 1.807) is 0 Å². The zero-order valence-corrected chi connectivity index (χ0v) is 12.6. The normalized spacial score (nSPS) is 29.8. The van der Waals surface area contributed by atoms with Crippen LogP contribution in [0.25, 0.3) is 0 Å². The Bertz CT molecular complexity index is 392. The van der Waals surface area contributed by atoms with Crippen LogP contribution in [0.3, 0.4) is 0 Å². The molecular weight excluding hydrogens is 246 g/mol. The van der Waals surface area contributed by atoms with E-state index in [1.165, 1.54) is 50.9 Å². The predicted octanol–water partition coefficient (Wildman–Crippen LogP) is 2.62. The molecule has 20 heavy (non-hydrogen) atoms. The van der Waals surface area contributed by atoms with Crippen LogP contribution in [0.1, 0.15) is 44.7 Å². The molecule has 0 saturated carbocycles. The number of hydrogen-bond acceptors (Lipinski definition) is 3. The fraction of sp³-hybridized carbons (Fsp3) is 0.706. The van der Waals surface area contributed by atoms with Gasteiger partial charge in [-0.05, 0) is 50.8 Å². The highest BCUT2D eigenvalue weighted by atomic mass is 15.2. The molecule has 2 atom stereocenters. The summed E-state index contributed by atoms with van der Waals surface area (Å²) < 4.78 is 0. The number of hydrogen-bond donors (Lipinski definition) is 1. The molecule has 2 fully saturated rings. The maximum atomic E-state index is 4.45. The van der Waals surface area contributed by atoms with Crippen molar-refractivity contribution in [1.82, 2.24) is 15.2 Å². The van der Waals surface area contributed by atoms with E-state index >= 15 is 0 Å². The molecule has 0 amide bonds. The van der Waals surface area contributed by atoms with Crippen molar-refractivity contribution >= 4 is 0 Å². The van der Waals surface area contributed by atoms with Gasteiger partial charge in [0.25, 0.3) is 0 Å². The Balaban J connectivity index is 1.52. The highest BCUT2D eigenvalue weighted by Gasteiger charge is 2.39. The van der Waals surface area contributed by atoms with Crippen molar-refractivity contribution in [1.29, 1.82) is 0 Å². The van der Waals surface area contributed by atoms with E-state index < -0.39 is 0 Å². The first-order valence-corrected chi connectivity index (χ1v) is 8.26. The highest BCUT2D eigenvalue weighted by Crippen LogP contribution is 2.35. The summed E-state index contributed by atoms with van der Waals surface area (Å²) in [7, 11) is 0. The lowest BCUT2D eigenvalue weighted by atomic mass is 9.97. The SMILES string of the molecule is CCCNC1CC2CCC(C1)N2CCc1ccccn1. The molecule has 0 radical (unpaired) electrons. The van der Waals surface area contributed by atoms with Gasteiger partial charge < -0.3 is 5.32 Å². The molecular formula is C17H27N3. The van der Waals surface area contributed by atoms with Gasteiger partial charge in [0.2, 0.25) is 0 Å². The van der Waals surface area contributed by atoms with Gasteiger partial charge in [-0.2, -0.15) is 0 Å². The van der Waals surface area contributed by atoms with Crippen LogP contribution in [0.4, 0.5) is 0 Å². The van der Waals surface area contributed by atoms with Crippen molar-refractivity contribution in [2.75, 3.05) is 13.1 Å². The fourth-order valence-corrected chi connectivity index (χ4v) is 3.94. The lowest BCUT2D eigenvalue weighted by Crippen LogP contribution is -2.49. The Morgan fingerprint density at radius 1 is 1.25 bits per heavy atom. The number of pyridine rings is 1. The summed E-state index contributed by atoms with van der Waals surface area (Å²) in [5, 5.41) is 3.73. The van der Waals surface area contributed by atoms with E-state index in [1.807, 2.05) is 12.3 Å². The molecule has 2 aliphatic heterocycles. The lowest BCUT2D eigenvalue weighted by Gasteiger charge is -2.39. The summed E-state index contributed by atoms with van der Waals surface area (Å²) in [6, 6.07) is 8.63. The Morgan fingerprint density at radius 2 is 2.05 bits per heavy atom. The summed E-state index contributed by atoms with van der Waals surface area (Å²) in [5.74, 6) is 0. The van der Waals surface area contributed by atoms with Crippen molar-refractivity contribution in [3.05, 3.63) is 30.1 Å². The van der Waals surface area contributed by atoms with E-state index in [0.717, 1.165) is 24.5 Å². The van der Waals surface area contributed by atoms with Crippen LogP contribution in [-0.2, 0) is 6.42 Å². The molecule has 0 aromatic carbocycles. The van der Waals surface area contributed by atoms with E-state index in [0.29, 0.717) is 0 Å². The van der Waals surface area contributed by atoms with Crippen molar-refractivity contribution < 1.29 is 0 Å². The molecule has 110 valence electrons. The predicted molar refractivity (Wildman–Crippen MR) is 82.8 cm³/mol. The first-order valence-electron chi connectivity index (χ1n) is 8.26. The molecule has 2 bridgehead atoms. The summed E-state index contributed by atoms with van der Waals surface area (Å²) in [4.78, 5) is 7.21. The standard InChI is InChI=1S/C17H27N3/c1-2-9-18-15-12-16-6-7-17(13-15)20(16)11-8-14-5-3-4-10-19-14/h3-5,10,15-18H,2,6-9,11-13H2,1H3. The average molecular weight is 273 g/mol. The number of nitrogens with one attached hydrogen (secondary N) is 1. The Morgan fingerprint density at radius 3 is 2.70 bits per heavy atom. The summed E-state index contributed by atoms with van der Waals surface area (Å²) in [6.45, 7) is 4.62. The van der Waals surface area contributed by atoms with Gasteiger partial charge >= 0.3 is 0 Å². The van der Waals surface area contributed by atoms with E-state index in [-0.39, 0.29) is 0 Å². The lowest BCUT2D eigenvalue weighted by molar-refractivity contribution is 0.118. The third-order valence-electron chi connectivity index (χ3n) is 4.92. The van der Waals surface area contributed by atoms with E-state index in [2.05, 4.69) is 34.3 Å². The van der Waals surface area contributed by atoms with Crippen molar-refractivity contribution in [3.8, 4) is 0 Å². The molecule has 3 heterocycles. The second-order valence-electron chi connectivity index (χ2n) is 6.32. The molecule has 1 N–H and O–H groups in total. The smallest absolute Gasteiger partial charge is 0.0416 e. The summed E-state index contributed by atoms with van der Waals surface area (Å²) in [5.41, 5.74) is 1.23. The van der Waals surface area contributed by atoms with Crippen LogP contribution < -0.4 is 5.32 Å².